The molecule has 0 atom stereocenters. The second-order valence-electron chi connectivity index (χ2n) is 3.93. The summed E-state index contributed by atoms with van der Waals surface area (Å²) in [6.45, 7) is 1.48. The molecule has 0 spiro atoms. The quantitative estimate of drug-likeness (QED) is 0.869. The first-order valence-corrected chi connectivity index (χ1v) is 5.49. The summed E-state index contributed by atoms with van der Waals surface area (Å²) < 4.78 is 25.8. The lowest BCUT2D eigenvalue weighted by molar-refractivity contribution is -0.128. The van der Waals surface area contributed by atoms with Gasteiger partial charge in [-0.1, -0.05) is 0 Å². The number of nitrogens with one attached hydrogen (secondary N) is 1. The summed E-state index contributed by atoms with van der Waals surface area (Å²) in [6, 6.07) is 0.732. The summed E-state index contributed by atoms with van der Waals surface area (Å²) in [7, 11) is 0. The average molecular weight is 241 g/mol. The monoisotopic (exact) mass is 241 g/mol. The van der Waals surface area contributed by atoms with Crippen LogP contribution in [0.5, 0.6) is 0 Å². The van der Waals surface area contributed by atoms with Crippen LogP contribution in [0.1, 0.15) is 12.8 Å². The molecule has 17 heavy (non-hydrogen) atoms. The number of halogens is 2. The Balaban J connectivity index is 1.90. The van der Waals surface area contributed by atoms with E-state index in [0.717, 1.165) is 38.2 Å². The highest BCUT2D eigenvalue weighted by atomic mass is 19.1. The highest BCUT2D eigenvalue weighted by molar-refractivity contribution is 5.80. The van der Waals surface area contributed by atoms with Gasteiger partial charge in [0.2, 0.25) is 5.91 Å². The standard InChI is InChI=1S/C11H13F2N3O/c12-8-5-9(13)11(14-6-8)15-7-10(17)16-3-1-2-4-16/h5-6H,1-4,7H2,(H,14,15). The predicted molar refractivity (Wildman–Crippen MR) is 58.5 cm³/mol. The molecule has 0 radical (unpaired) electrons. The highest BCUT2D eigenvalue weighted by Gasteiger charge is 2.17. The van der Waals surface area contributed by atoms with Crippen LogP contribution in [0.3, 0.4) is 0 Å². The SMILES string of the molecule is O=C(CNc1ncc(F)cc1F)N1CCCC1. The van der Waals surface area contributed by atoms with E-state index in [1.165, 1.54) is 0 Å². The van der Waals surface area contributed by atoms with Gasteiger partial charge in [0.05, 0.1) is 12.7 Å². The zero-order valence-corrected chi connectivity index (χ0v) is 9.25. The van der Waals surface area contributed by atoms with Crippen LogP contribution in [0.15, 0.2) is 12.3 Å². The first-order valence-electron chi connectivity index (χ1n) is 5.49. The third kappa shape index (κ3) is 2.89. The molecule has 0 bridgehead atoms. The summed E-state index contributed by atoms with van der Waals surface area (Å²) >= 11 is 0. The number of anilines is 1. The summed E-state index contributed by atoms with van der Waals surface area (Å²) in [5, 5.41) is 2.57. The molecule has 1 saturated heterocycles. The minimum absolute atomic E-state index is 0.0183. The Morgan fingerprint density at radius 1 is 1.41 bits per heavy atom. The number of hydrogen-bond acceptors (Lipinski definition) is 3. The first kappa shape index (κ1) is 11.8. The topological polar surface area (TPSA) is 45.2 Å². The fourth-order valence-corrected chi connectivity index (χ4v) is 1.78. The van der Waals surface area contributed by atoms with Crippen LogP contribution in [0.25, 0.3) is 0 Å². The molecule has 0 saturated carbocycles. The maximum atomic E-state index is 13.2. The molecular weight excluding hydrogens is 228 g/mol. The van der Waals surface area contributed by atoms with Gasteiger partial charge in [-0.15, -0.1) is 0 Å². The Morgan fingerprint density at radius 3 is 2.76 bits per heavy atom. The second-order valence-corrected chi connectivity index (χ2v) is 3.93. The molecule has 1 N–H and O–H groups in total. The normalized spacial score (nSPS) is 15.1. The molecule has 1 amide bonds. The number of aromatic nitrogens is 1. The van der Waals surface area contributed by atoms with Crippen LogP contribution in [-0.2, 0) is 4.79 Å². The van der Waals surface area contributed by atoms with E-state index in [1.54, 1.807) is 4.90 Å². The lowest BCUT2D eigenvalue weighted by Gasteiger charge is -2.15. The van der Waals surface area contributed by atoms with Crippen molar-refractivity contribution in [3.63, 3.8) is 0 Å². The molecule has 2 rings (SSSR count). The average Bonchev–Trinajstić information content (AvgIpc) is 2.81. The van der Waals surface area contributed by atoms with Crippen molar-refractivity contribution in [3.05, 3.63) is 23.9 Å². The van der Waals surface area contributed by atoms with Crippen molar-refractivity contribution in [1.29, 1.82) is 0 Å². The van der Waals surface area contributed by atoms with Gasteiger partial charge in [-0.05, 0) is 12.8 Å². The Bertz CT molecular complexity index is 419. The van der Waals surface area contributed by atoms with Crippen molar-refractivity contribution in [2.24, 2.45) is 0 Å². The van der Waals surface area contributed by atoms with Crippen LogP contribution < -0.4 is 5.32 Å². The van der Waals surface area contributed by atoms with Crippen molar-refractivity contribution in [3.8, 4) is 0 Å². The smallest absolute Gasteiger partial charge is 0.241 e. The van der Waals surface area contributed by atoms with Crippen molar-refractivity contribution in [2.75, 3.05) is 25.0 Å². The molecule has 0 aliphatic carbocycles. The minimum Gasteiger partial charge on any atom is -0.359 e. The summed E-state index contributed by atoms with van der Waals surface area (Å²) in [5.74, 6) is -1.72. The van der Waals surface area contributed by atoms with Gasteiger partial charge in [0, 0.05) is 19.2 Å². The van der Waals surface area contributed by atoms with E-state index < -0.39 is 11.6 Å². The molecule has 1 aromatic rings. The number of rotatable bonds is 3. The lowest BCUT2D eigenvalue weighted by Crippen LogP contribution is -2.33. The number of nitrogens with zero attached hydrogens (tertiary/aromatic N) is 2. The van der Waals surface area contributed by atoms with Crippen molar-refractivity contribution < 1.29 is 13.6 Å². The van der Waals surface area contributed by atoms with Crippen LogP contribution >= 0.6 is 0 Å². The number of pyridine rings is 1. The van der Waals surface area contributed by atoms with Crippen molar-refractivity contribution in [2.45, 2.75) is 12.8 Å². The third-order valence-corrected chi connectivity index (χ3v) is 2.67. The zero-order valence-electron chi connectivity index (χ0n) is 9.25. The van der Waals surface area contributed by atoms with Gasteiger partial charge in [0.1, 0.15) is 5.82 Å². The lowest BCUT2D eigenvalue weighted by atomic mass is 10.4. The Hall–Kier alpha value is -1.72. The van der Waals surface area contributed by atoms with Gasteiger partial charge in [-0.2, -0.15) is 0 Å². The Morgan fingerprint density at radius 2 is 2.12 bits per heavy atom. The number of carbonyl (C=O) groups is 1. The van der Waals surface area contributed by atoms with Crippen LogP contribution in [-0.4, -0.2) is 35.4 Å². The summed E-state index contributed by atoms with van der Waals surface area (Å²) in [6.07, 6.45) is 2.93. The molecule has 1 fully saturated rings. The minimum atomic E-state index is -0.792. The number of hydrogen-bond donors (Lipinski definition) is 1. The van der Waals surface area contributed by atoms with Gasteiger partial charge in [-0.3, -0.25) is 4.79 Å². The highest BCUT2D eigenvalue weighted by Crippen LogP contribution is 2.12. The zero-order chi connectivity index (χ0) is 12.3. The van der Waals surface area contributed by atoms with Crippen molar-refractivity contribution >= 4 is 11.7 Å². The van der Waals surface area contributed by atoms with Crippen LogP contribution in [0, 0.1) is 11.6 Å². The first-order chi connectivity index (χ1) is 8.16. The molecule has 92 valence electrons. The molecular formula is C11H13F2N3O. The van der Waals surface area contributed by atoms with Crippen LogP contribution in [0.2, 0.25) is 0 Å². The summed E-state index contributed by atoms with van der Waals surface area (Å²) in [4.78, 5) is 16.9. The van der Waals surface area contributed by atoms with E-state index in [-0.39, 0.29) is 18.3 Å². The maximum absolute atomic E-state index is 13.2. The van der Waals surface area contributed by atoms with Gasteiger partial charge >= 0.3 is 0 Å². The fraction of sp³-hybridized carbons (Fsp3) is 0.455. The molecule has 0 aromatic carbocycles. The largest absolute Gasteiger partial charge is 0.359 e. The van der Waals surface area contributed by atoms with Gasteiger partial charge in [0.15, 0.2) is 11.6 Å². The predicted octanol–water partition coefficient (Wildman–Crippen LogP) is 1.39. The van der Waals surface area contributed by atoms with Gasteiger partial charge in [0.25, 0.3) is 0 Å². The van der Waals surface area contributed by atoms with Gasteiger partial charge in [-0.25, -0.2) is 13.8 Å². The van der Waals surface area contributed by atoms with Gasteiger partial charge < -0.3 is 10.2 Å². The fourth-order valence-electron chi connectivity index (χ4n) is 1.78. The molecule has 1 aromatic heterocycles. The molecule has 1 aliphatic heterocycles. The summed E-state index contributed by atoms with van der Waals surface area (Å²) in [5.41, 5.74) is 0. The number of amides is 1. The second kappa shape index (κ2) is 5.07. The number of carbonyl (C=O) groups excluding carboxylic acids is 1. The van der Waals surface area contributed by atoms with Crippen LogP contribution in [0.4, 0.5) is 14.6 Å². The van der Waals surface area contributed by atoms with E-state index >= 15 is 0 Å². The van der Waals surface area contributed by atoms with E-state index in [0.29, 0.717) is 0 Å². The van der Waals surface area contributed by atoms with E-state index in [2.05, 4.69) is 10.3 Å². The van der Waals surface area contributed by atoms with E-state index in [9.17, 15) is 13.6 Å². The number of likely N-dealkylation sites (tertiary alicyclic amines) is 1. The molecule has 4 nitrogen and oxygen atoms in total. The maximum Gasteiger partial charge on any atom is 0.241 e. The van der Waals surface area contributed by atoms with E-state index in [1.807, 2.05) is 0 Å². The van der Waals surface area contributed by atoms with Crippen molar-refractivity contribution in [1.82, 2.24) is 9.88 Å². The van der Waals surface area contributed by atoms with E-state index in [4.69, 9.17) is 0 Å². The molecule has 6 heteroatoms. The molecule has 1 aliphatic rings. The third-order valence-electron chi connectivity index (χ3n) is 2.67. The molecule has 2 heterocycles. The Labute approximate surface area is 97.6 Å². The Kier molecular flexibility index (Phi) is 3.51. The molecule has 0 unspecified atom stereocenters.